The van der Waals surface area contributed by atoms with Crippen molar-refractivity contribution in [1.82, 2.24) is 4.90 Å². The van der Waals surface area contributed by atoms with Gasteiger partial charge in [-0.05, 0) is 48.9 Å². The number of amides is 1. The van der Waals surface area contributed by atoms with Crippen LogP contribution in [0.1, 0.15) is 17.5 Å². The molecule has 0 spiro atoms. The fraction of sp³-hybridized carbons (Fsp3) is 0.250. The Balaban J connectivity index is 1.19. The molecule has 33 heavy (non-hydrogen) atoms. The van der Waals surface area contributed by atoms with E-state index >= 15 is 0 Å². The van der Waals surface area contributed by atoms with Crippen molar-refractivity contribution in [3.63, 3.8) is 0 Å². The van der Waals surface area contributed by atoms with Gasteiger partial charge in [0.2, 0.25) is 0 Å². The molecule has 2 heterocycles. The molecule has 2 aliphatic heterocycles. The van der Waals surface area contributed by atoms with Gasteiger partial charge in [-0.3, -0.25) is 9.69 Å². The molecular weight excluding hydrogens is 430 g/mol. The molecule has 3 aromatic carbocycles. The summed E-state index contributed by atoms with van der Waals surface area (Å²) in [4.78, 5) is 20.1. The maximum absolute atomic E-state index is 13.3. The number of para-hydroxylation sites is 1. The Morgan fingerprint density at radius 2 is 1.58 bits per heavy atom. The predicted octanol–water partition coefficient (Wildman–Crippen LogP) is 5.44. The number of hydrogen-bond donors (Lipinski definition) is 0. The minimum atomic E-state index is 0.103. The number of hydrogen-bond acceptors (Lipinski definition) is 3. The van der Waals surface area contributed by atoms with Crippen LogP contribution in [0.2, 0.25) is 5.02 Å². The van der Waals surface area contributed by atoms with Gasteiger partial charge < -0.3 is 9.80 Å². The van der Waals surface area contributed by atoms with E-state index in [-0.39, 0.29) is 5.91 Å². The van der Waals surface area contributed by atoms with Crippen molar-refractivity contribution < 1.29 is 4.79 Å². The Morgan fingerprint density at radius 1 is 0.818 bits per heavy atom. The van der Waals surface area contributed by atoms with Gasteiger partial charge in [0.1, 0.15) is 0 Å². The van der Waals surface area contributed by atoms with Gasteiger partial charge in [0.05, 0.1) is 5.69 Å². The Bertz CT molecular complexity index is 1150. The second-order valence-electron chi connectivity index (χ2n) is 8.60. The van der Waals surface area contributed by atoms with Crippen LogP contribution in [-0.4, -0.2) is 50.1 Å². The van der Waals surface area contributed by atoms with Crippen LogP contribution in [0.15, 0.2) is 78.9 Å². The van der Waals surface area contributed by atoms with E-state index in [1.807, 2.05) is 71.6 Å². The summed E-state index contributed by atoms with van der Waals surface area (Å²) in [5.41, 5.74) is 5.08. The molecule has 0 bridgehead atoms. The molecule has 0 unspecified atom stereocenters. The van der Waals surface area contributed by atoms with Crippen molar-refractivity contribution in [2.24, 2.45) is 0 Å². The van der Waals surface area contributed by atoms with E-state index in [9.17, 15) is 4.79 Å². The van der Waals surface area contributed by atoms with E-state index in [1.165, 1.54) is 5.69 Å². The zero-order chi connectivity index (χ0) is 22.6. The molecule has 0 aromatic heterocycles. The van der Waals surface area contributed by atoms with Crippen LogP contribution in [0, 0.1) is 0 Å². The standard InChI is InChI=1S/C28H28ClN3O/c29-23-10-6-11-24(21-23)31-18-16-30(17-19-31)14-7-15-32-27-13-5-4-12-25(27)26(28(32)33)20-22-8-2-1-3-9-22/h1-6,8-13,20-21H,7,14-19H2/b26-20+. The number of benzene rings is 3. The quantitative estimate of drug-likeness (QED) is 0.461. The highest BCUT2D eigenvalue weighted by atomic mass is 35.5. The van der Waals surface area contributed by atoms with Crippen LogP contribution in [0.25, 0.3) is 11.6 Å². The fourth-order valence-corrected chi connectivity index (χ4v) is 4.92. The lowest BCUT2D eigenvalue weighted by Crippen LogP contribution is -2.47. The van der Waals surface area contributed by atoms with Crippen molar-refractivity contribution in [2.75, 3.05) is 49.1 Å². The third kappa shape index (κ3) is 4.82. The fourth-order valence-electron chi connectivity index (χ4n) is 4.74. The molecule has 0 atom stereocenters. The largest absolute Gasteiger partial charge is 0.369 e. The van der Waals surface area contributed by atoms with Gasteiger partial charge in [-0.1, -0.05) is 66.2 Å². The molecule has 0 aliphatic carbocycles. The van der Waals surface area contributed by atoms with E-state index in [2.05, 4.69) is 28.0 Å². The average molecular weight is 458 g/mol. The van der Waals surface area contributed by atoms with Gasteiger partial charge in [0, 0.05) is 54.6 Å². The van der Waals surface area contributed by atoms with Gasteiger partial charge in [0.25, 0.3) is 5.91 Å². The molecule has 0 N–H and O–H groups in total. The Kier molecular flexibility index (Phi) is 6.47. The summed E-state index contributed by atoms with van der Waals surface area (Å²) >= 11 is 6.15. The monoisotopic (exact) mass is 457 g/mol. The second-order valence-corrected chi connectivity index (χ2v) is 9.04. The summed E-state index contributed by atoms with van der Waals surface area (Å²) < 4.78 is 0. The molecule has 0 radical (unpaired) electrons. The van der Waals surface area contributed by atoms with Crippen molar-refractivity contribution in [2.45, 2.75) is 6.42 Å². The minimum Gasteiger partial charge on any atom is -0.369 e. The second kappa shape index (κ2) is 9.82. The van der Waals surface area contributed by atoms with E-state index in [4.69, 9.17) is 11.6 Å². The van der Waals surface area contributed by atoms with E-state index in [0.29, 0.717) is 0 Å². The summed E-state index contributed by atoms with van der Waals surface area (Å²) in [6, 6.07) is 26.3. The van der Waals surface area contributed by atoms with E-state index in [1.54, 1.807) is 0 Å². The van der Waals surface area contributed by atoms with Crippen molar-refractivity contribution >= 4 is 40.5 Å². The van der Waals surface area contributed by atoms with Gasteiger partial charge in [-0.2, -0.15) is 0 Å². The molecular formula is C28H28ClN3O. The smallest absolute Gasteiger partial charge is 0.258 e. The first kappa shape index (κ1) is 21.7. The molecule has 3 aromatic rings. The number of carbonyl (C=O) groups excluding carboxylic acids is 1. The summed E-state index contributed by atoms with van der Waals surface area (Å²) in [6.07, 6.45) is 2.96. The number of fused-ring (bicyclic) bond motifs is 1. The highest BCUT2D eigenvalue weighted by Crippen LogP contribution is 2.37. The number of carbonyl (C=O) groups is 1. The minimum absolute atomic E-state index is 0.103. The van der Waals surface area contributed by atoms with Gasteiger partial charge in [-0.15, -0.1) is 0 Å². The maximum atomic E-state index is 13.3. The Morgan fingerprint density at radius 3 is 2.36 bits per heavy atom. The molecule has 5 rings (SSSR count). The number of halogens is 1. The number of nitrogens with zero attached hydrogens (tertiary/aromatic N) is 3. The van der Waals surface area contributed by atoms with Crippen LogP contribution in [-0.2, 0) is 4.79 Å². The number of anilines is 2. The molecule has 2 aliphatic rings. The molecule has 0 saturated carbocycles. The van der Waals surface area contributed by atoms with Gasteiger partial charge in [0.15, 0.2) is 0 Å². The van der Waals surface area contributed by atoms with Crippen molar-refractivity contribution in [1.29, 1.82) is 0 Å². The molecule has 1 amide bonds. The highest BCUT2D eigenvalue weighted by Gasteiger charge is 2.31. The summed E-state index contributed by atoms with van der Waals surface area (Å²) in [5, 5.41) is 0.783. The lowest BCUT2D eigenvalue weighted by Gasteiger charge is -2.36. The normalized spacial score (nSPS) is 17.6. The summed E-state index contributed by atoms with van der Waals surface area (Å²) in [6.45, 7) is 5.77. The first-order chi connectivity index (χ1) is 16.2. The van der Waals surface area contributed by atoms with Crippen molar-refractivity contribution in [3.05, 3.63) is 95.0 Å². The zero-order valence-corrected chi connectivity index (χ0v) is 19.4. The summed E-state index contributed by atoms with van der Waals surface area (Å²) in [5.74, 6) is 0.103. The number of piperazine rings is 1. The molecule has 1 saturated heterocycles. The van der Waals surface area contributed by atoms with Crippen molar-refractivity contribution in [3.8, 4) is 0 Å². The predicted molar refractivity (Wildman–Crippen MR) is 138 cm³/mol. The SMILES string of the molecule is O=C1/C(=C/c2ccccc2)c2ccccc2N1CCCN1CCN(c2cccc(Cl)c2)CC1. The lowest BCUT2D eigenvalue weighted by atomic mass is 10.0. The van der Waals surface area contributed by atoms with Crippen LogP contribution < -0.4 is 9.80 Å². The lowest BCUT2D eigenvalue weighted by molar-refractivity contribution is -0.113. The molecule has 5 heteroatoms. The maximum Gasteiger partial charge on any atom is 0.258 e. The first-order valence-corrected chi connectivity index (χ1v) is 12.0. The molecule has 1 fully saturated rings. The molecule has 168 valence electrons. The zero-order valence-electron chi connectivity index (χ0n) is 18.7. The number of rotatable bonds is 6. The third-order valence-electron chi connectivity index (χ3n) is 6.47. The topological polar surface area (TPSA) is 26.8 Å². The average Bonchev–Trinajstić information content (AvgIpc) is 3.11. The highest BCUT2D eigenvalue weighted by molar-refractivity contribution is 6.35. The van der Waals surface area contributed by atoms with E-state index in [0.717, 1.165) is 73.1 Å². The third-order valence-corrected chi connectivity index (χ3v) is 6.71. The Hall–Kier alpha value is -3.08. The first-order valence-electron chi connectivity index (χ1n) is 11.6. The van der Waals surface area contributed by atoms with Gasteiger partial charge >= 0.3 is 0 Å². The van der Waals surface area contributed by atoms with Gasteiger partial charge in [-0.25, -0.2) is 0 Å². The Labute approximate surface area is 200 Å². The van der Waals surface area contributed by atoms with Crippen LogP contribution in [0.4, 0.5) is 11.4 Å². The van der Waals surface area contributed by atoms with E-state index < -0.39 is 0 Å². The van der Waals surface area contributed by atoms with Crippen LogP contribution >= 0.6 is 11.6 Å². The van der Waals surface area contributed by atoms with Crippen LogP contribution in [0.3, 0.4) is 0 Å². The summed E-state index contributed by atoms with van der Waals surface area (Å²) in [7, 11) is 0. The molecule has 4 nitrogen and oxygen atoms in total. The van der Waals surface area contributed by atoms with Crippen LogP contribution in [0.5, 0.6) is 0 Å².